The Bertz CT molecular complexity index is 205. The van der Waals surface area contributed by atoms with Gasteiger partial charge in [0.1, 0.15) is 0 Å². The van der Waals surface area contributed by atoms with Crippen molar-refractivity contribution in [2.75, 3.05) is 6.61 Å². The van der Waals surface area contributed by atoms with E-state index < -0.39 is 0 Å². The van der Waals surface area contributed by atoms with Crippen LogP contribution in [0.25, 0.3) is 0 Å². The van der Waals surface area contributed by atoms with E-state index in [0.717, 1.165) is 6.61 Å². The molecule has 0 aromatic rings. The molecular weight excluding hydrogens is 198 g/mol. The molecule has 1 aliphatic carbocycles. The lowest BCUT2D eigenvalue weighted by molar-refractivity contribution is -0.0400. The van der Waals surface area contributed by atoms with Gasteiger partial charge >= 0.3 is 0 Å². The van der Waals surface area contributed by atoms with Crippen LogP contribution in [-0.4, -0.2) is 12.6 Å². The van der Waals surface area contributed by atoms with Crippen molar-refractivity contribution in [2.45, 2.75) is 66.8 Å². The van der Waals surface area contributed by atoms with Gasteiger partial charge in [-0.1, -0.05) is 41.5 Å². The van der Waals surface area contributed by atoms with E-state index in [0.29, 0.717) is 22.8 Å². The van der Waals surface area contributed by atoms with Gasteiger partial charge < -0.3 is 4.84 Å². The molecule has 96 valence electrons. The molecule has 0 saturated heterocycles. The molecule has 16 heavy (non-hydrogen) atoms. The molecule has 0 heterocycles. The zero-order valence-electron chi connectivity index (χ0n) is 11.9. The summed E-state index contributed by atoms with van der Waals surface area (Å²) in [6, 6.07) is 0.512. The predicted octanol–water partition coefficient (Wildman–Crippen LogP) is 3.77. The van der Waals surface area contributed by atoms with E-state index in [2.05, 4.69) is 47.0 Å². The average Bonchev–Trinajstić information content (AvgIpc) is 1.96. The topological polar surface area (TPSA) is 21.3 Å². The Morgan fingerprint density at radius 3 is 2.06 bits per heavy atom. The molecular formula is C14H29NO. The van der Waals surface area contributed by atoms with Crippen molar-refractivity contribution in [3.63, 3.8) is 0 Å². The van der Waals surface area contributed by atoms with Crippen molar-refractivity contribution in [3.05, 3.63) is 0 Å². The molecule has 1 N–H and O–H groups in total. The minimum atomic E-state index is 0.431. The van der Waals surface area contributed by atoms with Gasteiger partial charge in [-0.05, 0) is 36.0 Å². The second-order valence-electron chi connectivity index (χ2n) is 7.43. The summed E-state index contributed by atoms with van der Waals surface area (Å²) in [6.07, 6.45) is 3.74. The molecule has 1 rings (SSSR count). The van der Waals surface area contributed by atoms with E-state index in [1.54, 1.807) is 0 Å². The molecule has 0 aromatic heterocycles. The first-order valence-corrected chi connectivity index (χ1v) is 6.58. The molecule has 1 fully saturated rings. The van der Waals surface area contributed by atoms with Crippen LogP contribution < -0.4 is 5.48 Å². The average molecular weight is 227 g/mol. The Labute approximate surface area is 101 Å². The van der Waals surface area contributed by atoms with Crippen LogP contribution in [0.5, 0.6) is 0 Å². The predicted molar refractivity (Wildman–Crippen MR) is 69.1 cm³/mol. The first-order valence-electron chi connectivity index (χ1n) is 6.58. The largest absolute Gasteiger partial charge is 0.301 e. The second kappa shape index (κ2) is 5.05. The van der Waals surface area contributed by atoms with Gasteiger partial charge in [-0.25, -0.2) is 0 Å². The first-order chi connectivity index (χ1) is 7.20. The quantitative estimate of drug-likeness (QED) is 0.738. The van der Waals surface area contributed by atoms with Crippen LogP contribution in [0.3, 0.4) is 0 Å². The highest BCUT2D eigenvalue weighted by atomic mass is 16.6. The lowest BCUT2D eigenvalue weighted by Crippen LogP contribution is -2.44. The first kappa shape index (κ1) is 14.0. The summed E-state index contributed by atoms with van der Waals surface area (Å²) < 4.78 is 0. The van der Waals surface area contributed by atoms with Crippen LogP contribution in [0.1, 0.15) is 60.8 Å². The monoisotopic (exact) mass is 227 g/mol. The summed E-state index contributed by atoms with van der Waals surface area (Å²) in [4.78, 5) is 5.57. The van der Waals surface area contributed by atoms with E-state index >= 15 is 0 Å². The molecule has 0 aromatic carbocycles. The van der Waals surface area contributed by atoms with E-state index in [9.17, 15) is 0 Å². The van der Waals surface area contributed by atoms with E-state index in [1.807, 2.05) is 0 Å². The summed E-state index contributed by atoms with van der Waals surface area (Å²) >= 11 is 0. The number of hydrogen-bond donors (Lipinski definition) is 1. The van der Waals surface area contributed by atoms with Crippen molar-refractivity contribution in [2.24, 2.45) is 16.7 Å². The fourth-order valence-electron chi connectivity index (χ4n) is 3.26. The molecule has 0 amide bonds. The molecule has 2 nitrogen and oxygen atoms in total. The number of hydrogen-bond acceptors (Lipinski definition) is 2. The minimum absolute atomic E-state index is 0.431. The summed E-state index contributed by atoms with van der Waals surface area (Å²) in [6.45, 7) is 14.6. The maximum Gasteiger partial charge on any atom is 0.0705 e. The lowest BCUT2D eigenvalue weighted by atomic mass is 9.64. The third-order valence-electron chi connectivity index (χ3n) is 3.22. The fourth-order valence-corrected chi connectivity index (χ4v) is 3.26. The summed E-state index contributed by atoms with van der Waals surface area (Å²) in [7, 11) is 0. The Kier molecular flexibility index (Phi) is 4.42. The molecule has 0 radical (unpaired) electrons. The third kappa shape index (κ3) is 4.84. The normalized spacial score (nSPS) is 24.9. The molecule has 1 aliphatic rings. The van der Waals surface area contributed by atoms with Gasteiger partial charge in [0.05, 0.1) is 6.61 Å². The second-order valence-corrected chi connectivity index (χ2v) is 7.43. The highest BCUT2D eigenvalue weighted by Gasteiger charge is 2.38. The molecule has 0 unspecified atom stereocenters. The van der Waals surface area contributed by atoms with Crippen LogP contribution >= 0.6 is 0 Å². The number of hydroxylamine groups is 1. The van der Waals surface area contributed by atoms with E-state index in [-0.39, 0.29) is 0 Å². The van der Waals surface area contributed by atoms with Gasteiger partial charge in [0.25, 0.3) is 0 Å². The zero-order valence-corrected chi connectivity index (χ0v) is 11.9. The minimum Gasteiger partial charge on any atom is -0.301 e. The molecule has 0 spiro atoms. The van der Waals surface area contributed by atoms with Gasteiger partial charge in [0, 0.05) is 6.04 Å². The van der Waals surface area contributed by atoms with Crippen molar-refractivity contribution < 1.29 is 4.84 Å². The summed E-state index contributed by atoms with van der Waals surface area (Å²) in [5, 5.41) is 0. The number of rotatable bonds is 4. The maximum absolute atomic E-state index is 5.57. The van der Waals surface area contributed by atoms with Crippen LogP contribution in [0.4, 0.5) is 0 Å². The van der Waals surface area contributed by atoms with E-state index in [1.165, 1.54) is 19.3 Å². The highest BCUT2D eigenvalue weighted by Crippen LogP contribution is 2.45. The molecule has 2 heteroatoms. The van der Waals surface area contributed by atoms with Crippen molar-refractivity contribution in [3.8, 4) is 0 Å². The molecule has 0 bridgehead atoms. The molecule has 0 atom stereocenters. The highest BCUT2D eigenvalue weighted by molar-refractivity contribution is 4.91. The maximum atomic E-state index is 5.57. The molecule has 1 saturated carbocycles. The lowest BCUT2D eigenvalue weighted by Gasteiger charge is -2.44. The van der Waals surface area contributed by atoms with Gasteiger partial charge in [0.15, 0.2) is 0 Å². The summed E-state index contributed by atoms with van der Waals surface area (Å²) in [5.41, 5.74) is 4.13. The SMILES string of the molecule is CC(C)CONC1CC(C)(C)CC(C)(C)C1. The van der Waals surface area contributed by atoms with Crippen LogP contribution in [0.15, 0.2) is 0 Å². The van der Waals surface area contributed by atoms with Crippen molar-refractivity contribution >= 4 is 0 Å². The summed E-state index contributed by atoms with van der Waals surface area (Å²) in [5.74, 6) is 0.595. The van der Waals surface area contributed by atoms with Gasteiger partial charge in [-0.2, -0.15) is 5.48 Å². The fraction of sp³-hybridized carbons (Fsp3) is 1.00. The Hall–Kier alpha value is -0.0800. The van der Waals surface area contributed by atoms with Gasteiger partial charge in [-0.15, -0.1) is 0 Å². The Morgan fingerprint density at radius 1 is 1.12 bits per heavy atom. The number of nitrogens with one attached hydrogen (secondary N) is 1. The Morgan fingerprint density at radius 2 is 1.62 bits per heavy atom. The van der Waals surface area contributed by atoms with Gasteiger partial charge in [0.2, 0.25) is 0 Å². The van der Waals surface area contributed by atoms with Crippen LogP contribution in [0.2, 0.25) is 0 Å². The van der Waals surface area contributed by atoms with Crippen LogP contribution in [-0.2, 0) is 4.84 Å². The van der Waals surface area contributed by atoms with Crippen molar-refractivity contribution in [1.29, 1.82) is 0 Å². The zero-order chi connectivity index (χ0) is 12.4. The van der Waals surface area contributed by atoms with Crippen molar-refractivity contribution in [1.82, 2.24) is 5.48 Å². The van der Waals surface area contributed by atoms with Gasteiger partial charge in [-0.3, -0.25) is 0 Å². The molecule has 0 aliphatic heterocycles. The van der Waals surface area contributed by atoms with E-state index in [4.69, 9.17) is 4.84 Å². The third-order valence-corrected chi connectivity index (χ3v) is 3.22. The van der Waals surface area contributed by atoms with Crippen LogP contribution in [0, 0.1) is 16.7 Å². The smallest absolute Gasteiger partial charge is 0.0705 e. The Balaban J connectivity index is 2.42. The standard InChI is InChI=1S/C14H29NO/c1-11(2)9-16-15-12-7-13(3,4)10-14(5,6)8-12/h11-12,15H,7-10H2,1-6H3.